The Kier molecular flexibility index (Phi) is 22.0. The molecule has 2 N–H and O–H groups in total. The zero-order chi connectivity index (χ0) is 27.9. The van der Waals surface area contributed by atoms with Crippen molar-refractivity contribution in [3.05, 3.63) is 88.5 Å². The second-order valence-electron chi connectivity index (χ2n) is 7.53. The highest BCUT2D eigenvalue weighted by Crippen LogP contribution is 2.16. The van der Waals surface area contributed by atoms with Crippen LogP contribution in [0.2, 0.25) is 0 Å². The van der Waals surface area contributed by atoms with Crippen molar-refractivity contribution in [3.63, 3.8) is 0 Å². The molecule has 1 aliphatic heterocycles. The number of H-pyrrole nitrogens is 1. The maximum Gasteiger partial charge on any atom is 0.256 e. The molecule has 202 valence electrons. The summed E-state index contributed by atoms with van der Waals surface area (Å²) in [5.41, 5.74) is 1.25. The third kappa shape index (κ3) is 15.8. The molecule has 1 aliphatic rings. The number of aromatic nitrogens is 1. The van der Waals surface area contributed by atoms with Gasteiger partial charge in [0.15, 0.2) is 0 Å². The molecular formula is C30H48FN3O2. The number of nitrogens with zero attached hydrogens (tertiary/aromatic N) is 1. The number of carbonyl (C=O) groups is 1. The van der Waals surface area contributed by atoms with E-state index in [-0.39, 0.29) is 5.56 Å². The lowest BCUT2D eigenvalue weighted by Crippen LogP contribution is -2.35. The summed E-state index contributed by atoms with van der Waals surface area (Å²) in [5.74, 6) is 0.348. The first-order chi connectivity index (χ1) is 17.4. The van der Waals surface area contributed by atoms with Gasteiger partial charge in [-0.15, -0.1) is 0 Å². The molecule has 5 nitrogen and oxygen atoms in total. The normalized spacial score (nSPS) is 14.3. The highest BCUT2D eigenvalue weighted by molar-refractivity contribution is 6.03. The smallest absolute Gasteiger partial charge is 0.256 e. The number of likely N-dealkylation sites (tertiary alicyclic amines) is 1. The lowest BCUT2D eigenvalue weighted by atomic mass is 10.00. The number of carbonyl (C=O) groups excluding carboxylic acids is 1. The number of benzene rings is 1. The minimum Gasteiger partial charge on any atom is -0.309 e. The van der Waals surface area contributed by atoms with Crippen molar-refractivity contribution in [1.29, 1.82) is 0 Å². The van der Waals surface area contributed by atoms with Crippen molar-refractivity contribution >= 4 is 11.7 Å². The number of nitrogens with one attached hydrogen (secondary N) is 2. The minimum absolute atomic E-state index is 0.298. The maximum absolute atomic E-state index is 12.7. The molecule has 1 atom stereocenters. The third-order valence-corrected chi connectivity index (χ3v) is 4.69. The van der Waals surface area contributed by atoms with Gasteiger partial charge in [-0.25, -0.2) is 4.39 Å². The number of hydrogen-bond donors (Lipinski definition) is 2. The summed E-state index contributed by atoms with van der Waals surface area (Å²) >= 11 is 0. The standard InChI is InChI=1S/C12H9FN2O2.C12H21N.3C2H6/c13-9-6-4-8(5-7-9)12(17)15-10-2-1-3-11(16)14-10;1-4-6-11(2)9-13-8-5-7-12(3)10-13;3*1-2/h1-7H,(H2,14,15,16,17);4,6,12H,2,5,7-10H2,1,3H3;3*1-2H3/b;6-4-;;;. The van der Waals surface area contributed by atoms with Crippen LogP contribution in [0.25, 0.3) is 0 Å². The van der Waals surface area contributed by atoms with Crippen LogP contribution in [0.4, 0.5) is 10.2 Å². The van der Waals surface area contributed by atoms with Crippen LogP contribution in [0.3, 0.4) is 0 Å². The molecule has 0 bridgehead atoms. The second kappa shape index (κ2) is 22.5. The third-order valence-electron chi connectivity index (χ3n) is 4.69. The molecule has 0 radical (unpaired) electrons. The van der Waals surface area contributed by atoms with Gasteiger partial charge in [0.2, 0.25) is 5.56 Å². The lowest BCUT2D eigenvalue weighted by Gasteiger charge is -2.30. The van der Waals surface area contributed by atoms with Crippen molar-refractivity contribution in [3.8, 4) is 0 Å². The minimum atomic E-state index is -0.410. The number of aromatic amines is 1. The van der Waals surface area contributed by atoms with Gasteiger partial charge in [-0.2, -0.15) is 0 Å². The number of piperidine rings is 1. The summed E-state index contributed by atoms with van der Waals surface area (Å²) in [6, 6.07) is 9.55. The fraction of sp³-hybridized carbons (Fsp3) is 0.467. The first-order valence-corrected chi connectivity index (χ1v) is 13.2. The molecule has 1 aromatic carbocycles. The Morgan fingerprint density at radius 2 is 1.72 bits per heavy atom. The quantitative estimate of drug-likeness (QED) is 0.413. The van der Waals surface area contributed by atoms with Gasteiger partial charge >= 0.3 is 0 Å². The summed E-state index contributed by atoms with van der Waals surface area (Å²) in [7, 11) is 0. The molecule has 2 heterocycles. The summed E-state index contributed by atoms with van der Waals surface area (Å²) in [6.07, 6.45) is 6.92. The Morgan fingerprint density at radius 3 is 2.25 bits per heavy atom. The van der Waals surface area contributed by atoms with Gasteiger partial charge in [0.25, 0.3) is 5.91 Å². The number of pyridine rings is 1. The van der Waals surface area contributed by atoms with Gasteiger partial charge in [-0.05, 0) is 68.1 Å². The predicted molar refractivity (Wildman–Crippen MR) is 154 cm³/mol. The summed E-state index contributed by atoms with van der Waals surface area (Å²) in [5, 5.41) is 2.50. The first-order valence-electron chi connectivity index (χ1n) is 13.2. The number of hydrogen-bond acceptors (Lipinski definition) is 3. The Bertz CT molecular complexity index is 920. The predicted octanol–water partition coefficient (Wildman–Crippen LogP) is 7.70. The molecule has 0 spiro atoms. The summed E-state index contributed by atoms with van der Waals surface area (Å²) in [4.78, 5) is 27.6. The average molecular weight is 502 g/mol. The van der Waals surface area contributed by atoms with Gasteiger partial charge < -0.3 is 10.3 Å². The molecular weight excluding hydrogens is 453 g/mol. The van der Waals surface area contributed by atoms with E-state index in [4.69, 9.17) is 0 Å². The van der Waals surface area contributed by atoms with Crippen LogP contribution in [0.1, 0.15) is 78.6 Å². The maximum atomic E-state index is 12.7. The van der Waals surface area contributed by atoms with Crippen LogP contribution >= 0.6 is 0 Å². The SMILES string of the molecule is C=C(/C=C\C)CN1CCCC(C)C1.CC.CC.CC.O=C(Nc1cccc(=O)[nH]1)c1ccc(F)cc1. The monoisotopic (exact) mass is 501 g/mol. The molecule has 1 unspecified atom stereocenters. The molecule has 1 amide bonds. The summed E-state index contributed by atoms with van der Waals surface area (Å²) < 4.78 is 12.7. The molecule has 36 heavy (non-hydrogen) atoms. The number of amides is 1. The fourth-order valence-corrected chi connectivity index (χ4v) is 3.32. The van der Waals surface area contributed by atoms with Crippen molar-refractivity contribution in [2.45, 2.75) is 68.2 Å². The Morgan fingerprint density at radius 1 is 1.11 bits per heavy atom. The second-order valence-corrected chi connectivity index (χ2v) is 7.53. The van der Waals surface area contributed by atoms with E-state index in [2.05, 4.69) is 40.9 Å². The molecule has 1 fully saturated rings. The van der Waals surface area contributed by atoms with E-state index in [1.54, 1.807) is 6.07 Å². The topological polar surface area (TPSA) is 65.2 Å². The number of halogens is 1. The number of rotatable bonds is 5. The summed E-state index contributed by atoms with van der Waals surface area (Å²) in [6.45, 7) is 24.0. The van der Waals surface area contributed by atoms with E-state index < -0.39 is 11.7 Å². The van der Waals surface area contributed by atoms with Crippen LogP contribution in [0.15, 0.2) is 71.6 Å². The molecule has 2 aromatic rings. The molecule has 6 heteroatoms. The molecule has 0 aliphatic carbocycles. The number of allylic oxidation sites excluding steroid dienone is 1. The molecule has 0 saturated carbocycles. The van der Waals surface area contributed by atoms with Crippen molar-refractivity contribution in [2.24, 2.45) is 5.92 Å². The van der Waals surface area contributed by atoms with Gasteiger partial charge in [-0.3, -0.25) is 14.5 Å². The van der Waals surface area contributed by atoms with E-state index in [1.807, 2.05) is 48.5 Å². The van der Waals surface area contributed by atoms with Crippen molar-refractivity contribution in [2.75, 3.05) is 25.0 Å². The highest BCUT2D eigenvalue weighted by Gasteiger charge is 2.15. The van der Waals surface area contributed by atoms with Crippen molar-refractivity contribution < 1.29 is 9.18 Å². The number of anilines is 1. The van der Waals surface area contributed by atoms with E-state index in [1.165, 1.54) is 67.9 Å². The van der Waals surface area contributed by atoms with E-state index in [0.29, 0.717) is 11.4 Å². The highest BCUT2D eigenvalue weighted by atomic mass is 19.1. The van der Waals surface area contributed by atoms with E-state index in [9.17, 15) is 14.0 Å². The molecule has 1 saturated heterocycles. The van der Waals surface area contributed by atoms with Crippen LogP contribution in [-0.2, 0) is 0 Å². The lowest BCUT2D eigenvalue weighted by molar-refractivity contribution is 0.102. The van der Waals surface area contributed by atoms with Gasteiger partial charge in [0, 0.05) is 24.7 Å². The van der Waals surface area contributed by atoms with Crippen molar-refractivity contribution in [1.82, 2.24) is 9.88 Å². The fourth-order valence-electron chi connectivity index (χ4n) is 3.32. The Balaban J connectivity index is 0. The molecule has 1 aromatic heterocycles. The largest absolute Gasteiger partial charge is 0.309 e. The van der Waals surface area contributed by atoms with Gasteiger partial charge in [-0.1, -0.05) is 73.3 Å². The Hall–Kier alpha value is -2.99. The van der Waals surface area contributed by atoms with E-state index >= 15 is 0 Å². The zero-order valence-corrected chi connectivity index (χ0v) is 23.7. The van der Waals surface area contributed by atoms with Crippen LogP contribution in [0, 0.1) is 11.7 Å². The van der Waals surface area contributed by atoms with E-state index in [0.717, 1.165) is 12.5 Å². The van der Waals surface area contributed by atoms with Gasteiger partial charge in [0.05, 0.1) is 0 Å². The van der Waals surface area contributed by atoms with Crippen LogP contribution in [-0.4, -0.2) is 35.4 Å². The molecule has 3 rings (SSSR count). The van der Waals surface area contributed by atoms with Crippen LogP contribution in [0.5, 0.6) is 0 Å². The average Bonchev–Trinajstić information content (AvgIpc) is 2.89. The zero-order valence-electron chi connectivity index (χ0n) is 23.7. The van der Waals surface area contributed by atoms with Crippen LogP contribution < -0.4 is 10.9 Å². The first kappa shape index (κ1) is 35.2. The van der Waals surface area contributed by atoms with Gasteiger partial charge in [0.1, 0.15) is 11.6 Å². The Labute approximate surface area is 218 Å².